The lowest BCUT2D eigenvalue weighted by molar-refractivity contribution is -0.137. The molecular weight excluding hydrogens is 300 g/mol. The zero-order chi connectivity index (χ0) is 16.9. The Morgan fingerprint density at radius 1 is 1.29 bits per heavy atom. The summed E-state index contributed by atoms with van der Waals surface area (Å²) in [5.74, 6) is -0.314. The SMILES string of the molecule is CCOC(=O)/C=C(/C)N1NC(=C2C=CC=C2)CC1c1ccccc1. The van der Waals surface area contributed by atoms with Gasteiger partial charge in [0.15, 0.2) is 0 Å². The lowest BCUT2D eigenvalue weighted by Crippen LogP contribution is -2.31. The van der Waals surface area contributed by atoms with Crippen molar-refractivity contribution in [2.24, 2.45) is 0 Å². The smallest absolute Gasteiger partial charge is 0.332 e. The molecule has 1 saturated heterocycles. The van der Waals surface area contributed by atoms with E-state index < -0.39 is 0 Å². The number of hydrogen-bond acceptors (Lipinski definition) is 4. The van der Waals surface area contributed by atoms with E-state index in [2.05, 4.69) is 34.7 Å². The highest BCUT2D eigenvalue weighted by Gasteiger charge is 2.30. The molecule has 1 N–H and O–H groups in total. The van der Waals surface area contributed by atoms with Gasteiger partial charge in [-0.15, -0.1) is 0 Å². The number of hydrazine groups is 1. The van der Waals surface area contributed by atoms with Crippen LogP contribution in [0.1, 0.15) is 31.9 Å². The van der Waals surface area contributed by atoms with Crippen LogP contribution in [0.3, 0.4) is 0 Å². The fourth-order valence-corrected chi connectivity index (χ4v) is 3.01. The molecule has 1 aliphatic carbocycles. The van der Waals surface area contributed by atoms with Gasteiger partial charge in [-0.05, 0) is 25.0 Å². The second-order valence-corrected chi connectivity index (χ2v) is 5.80. The Hall–Kier alpha value is -2.75. The van der Waals surface area contributed by atoms with Crippen LogP contribution in [0.15, 0.2) is 77.7 Å². The van der Waals surface area contributed by atoms with E-state index in [9.17, 15) is 4.79 Å². The number of benzene rings is 1. The molecule has 0 amide bonds. The van der Waals surface area contributed by atoms with E-state index in [1.807, 2.05) is 44.2 Å². The first-order valence-corrected chi connectivity index (χ1v) is 8.23. The van der Waals surface area contributed by atoms with Crippen molar-refractivity contribution in [1.82, 2.24) is 10.4 Å². The molecule has 0 radical (unpaired) electrons. The van der Waals surface area contributed by atoms with Gasteiger partial charge in [-0.25, -0.2) is 4.79 Å². The molecule has 1 aromatic rings. The Labute approximate surface area is 142 Å². The minimum absolute atomic E-state index is 0.141. The van der Waals surface area contributed by atoms with E-state index in [4.69, 9.17) is 4.74 Å². The molecule has 4 heteroatoms. The molecule has 1 atom stereocenters. The van der Waals surface area contributed by atoms with Gasteiger partial charge in [-0.1, -0.05) is 54.6 Å². The van der Waals surface area contributed by atoms with E-state index in [1.165, 1.54) is 11.1 Å². The first kappa shape index (κ1) is 16.1. The van der Waals surface area contributed by atoms with Gasteiger partial charge >= 0.3 is 5.97 Å². The zero-order valence-corrected chi connectivity index (χ0v) is 14.0. The molecule has 2 aliphatic rings. The number of carbonyl (C=O) groups excluding carboxylic acids is 1. The van der Waals surface area contributed by atoms with E-state index in [1.54, 1.807) is 6.08 Å². The van der Waals surface area contributed by atoms with Gasteiger partial charge in [0.05, 0.1) is 12.6 Å². The Morgan fingerprint density at radius 3 is 2.67 bits per heavy atom. The topological polar surface area (TPSA) is 41.6 Å². The van der Waals surface area contributed by atoms with Crippen molar-refractivity contribution < 1.29 is 9.53 Å². The summed E-state index contributed by atoms with van der Waals surface area (Å²) in [6, 6.07) is 10.5. The van der Waals surface area contributed by atoms with Crippen LogP contribution in [-0.4, -0.2) is 17.6 Å². The van der Waals surface area contributed by atoms with Gasteiger partial charge in [0.2, 0.25) is 0 Å². The number of allylic oxidation sites excluding steroid dienone is 6. The van der Waals surface area contributed by atoms with Crippen LogP contribution in [0.4, 0.5) is 0 Å². The first-order chi connectivity index (χ1) is 11.7. The standard InChI is InChI=1S/C20H22N2O2/c1-3-24-20(23)13-15(2)22-19(17-11-5-4-6-12-17)14-18(21-22)16-9-7-8-10-16/h4-13,19,21H,3,14H2,1-2H3/b15-13-. The van der Waals surface area contributed by atoms with Gasteiger partial charge in [-0.2, -0.15) is 0 Å². The molecule has 0 spiro atoms. The number of nitrogens with one attached hydrogen (secondary N) is 1. The van der Waals surface area contributed by atoms with Crippen LogP contribution in [0, 0.1) is 0 Å². The Morgan fingerprint density at radius 2 is 2.00 bits per heavy atom. The molecule has 1 unspecified atom stereocenters. The molecule has 1 aromatic carbocycles. The third-order valence-electron chi connectivity index (χ3n) is 4.15. The third-order valence-corrected chi connectivity index (χ3v) is 4.15. The van der Waals surface area contributed by atoms with Gasteiger partial charge < -0.3 is 10.2 Å². The monoisotopic (exact) mass is 322 g/mol. The number of ether oxygens (including phenoxy) is 1. The van der Waals surface area contributed by atoms with Crippen LogP contribution in [0.25, 0.3) is 0 Å². The maximum atomic E-state index is 11.8. The maximum absolute atomic E-state index is 11.8. The number of nitrogens with zero attached hydrogens (tertiary/aromatic N) is 1. The van der Waals surface area contributed by atoms with Gasteiger partial charge in [-0.3, -0.25) is 5.01 Å². The van der Waals surface area contributed by atoms with Crippen molar-refractivity contribution >= 4 is 5.97 Å². The summed E-state index contributed by atoms with van der Waals surface area (Å²) < 4.78 is 5.04. The molecule has 0 aromatic heterocycles. The van der Waals surface area contributed by atoms with Crippen molar-refractivity contribution in [1.29, 1.82) is 0 Å². The Balaban J connectivity index is 1.91. The molecule has 24 heavy (non-hydrogen) atoms. The summed E-state index contributed by atoms with van der Waals surface area (Å²) in [4.78, 5) is 11.8. The van der Waals surface area contributed by atoms with Gasteiger partial charge in [0.1, 0.15) is 0 Å². The van der Waals surface area contributed by atoms with Crippen LogP contribution in [0.5, 0.6) is 0 Å². The fraction of sp³-hybridized carbons (Fsp3) is 0.250. The molecule has 3 rings (SSSR count). The summed E-state index contributed by atoms with van der Waals surface area (Å²) in [6.45, 7) is 4.11. The summed E-state index contributed by atoms with van der Waals surface area (Å²) in [5, 5.41) is 2.05. The maximum Gasteiger partial charge on any atom is 0.332 e. The van der Waals surface area contributed by atoms with Crippen LogP contribution in [-0.2, 0) is 9.53 Å². The zero-order valence-electron chi connectivity index (χ0n) is 14.0. The number of hydrogen-bond donors (Lipinski definition) is 1. The third kappa shape index (κ3) is 3.43. The highest BCUT2D eigenvalue weighted by atomic mass is 16.5. The average molecular weight is 322 g/mol. The van der Waals surface area contributed by atoms with E-state index in [0.717, 1.165) is 17.8 Å². The Bertz CT molecular complexity index is 715. The predicted molar refractivity (Wildman–Crippen MR) is 94.5 cm³/mol. The lowest BCUT2D eigenvalue weighted by atomic mass is 10.0. The minimum Gasteiger partial charge on any atom is -0.463 e. The lowest BCUT2D eigenvalue weighted by Gasteiger charge is -2.27. The number of esters is 1. The molecule has 4 nitrogen and oxygen atoms in total. The van der Waals surface area contributed by atoms with E-state index >= 15 is 0 Å². The van der Waals surface area contributed by atoms with Gasteiger partial charge in [0, 0.05) is 23.9 Å². The largest absolute Gasteiger partial charge is 0.463 e. The quantitative estimate of drug-likeness (QED) is 0.676. The summed E-state index contributed by atoms with van der Waals surface area (Å²) in [5.41, 5.74) is 7.85. The van der Waals surface area contributed by atoms with E-state index in [0.29, 0.717) is 6.61 Å². The second kappa shape index (κ2) is 7.21. The fourth-order valence-electron chi connectivity index (χ4n) is 3.01. The number of carbonyl (C=O) groups is 1. The molecule has 1 fully saturated rings. The predicted octanol–water partition coefficient (Wildman–Crippen LogP) is 3.79. The molecule has 0 bridgehead atoms. The molecule has 124 valence electrons. The minimum atomic E-state index is -0.314. The molecule has 1 heterocycles. The van der Waals surface area contributed by atoms with Crippen molar-refractivity contribution in [2.75, 3.05) is 6.61 Å². The summed E-state index contributed by atoms with van der Waals surface area (Å²) >= 11 is 0. The van der Waals surface area contributed by atoms with Crippen LogP contribution >= 0.6 is 0 Å². The highest BCUT2D eigenvalue weighted by molar-refractivity contribution is 5.82. The van der Waals surface area contributed by atoms with Crippen LogP contribution < -0.4 is 5.43 Å². The Kier molecular flexibility index (Phi) is 4.85. The normalized spacial score (nSPS) is 19.8. The van der Waals surface area contributed by atoms with Crippen molar-refractivity contribution in [3.05, 3.63) is 83.2 Å². The van der Waals surface area contributed by atoms with Crippen molar-refractivity contribution in [3.8, 4) is 0 Å². The molecular formula is C20H22N2O2. The first-order valence-electron chi connectivity index (χ1n) is 8.23. The second-order valence-electron chi connectivity index (χ2n) is 5.80. The van der Waals surface area contributed by atoms with Crippen LogP contribution in [0.2, 0.25) is 0 Å². The molecule has 0 saturated carbocycles. The average Bonchev–Trinajstić information content (AvgIpc) is 3.25. The summed E-state index contributed by atoms with van der Waals surface area (Å²) in [6.07, 6.45) is 10.7. The summed E-state index contributed by atoms with van der Waals surface area (Å²) in [7, 11) is 0. The van der Waals surface area contributed by atoms with E-state index in [-0.39, 0.29) is 12.0 Å². The van der Waals surface area contributed by atoms with Crippen molar-refractivity contribution in [2.45, 2.75) is 26.3 Å². The molecule has 1 aliphatic heterocycles. The van der Waals surface area contributed by atoms with Crippen molar-refractivity contribution in [3.63, 3.8) is 0 Å². The van der Waals surface area contributed by atoms with Gasteiger partial charge in [0.25, 0.3) is 0 Å². The highest BCUT2D eigenvalue weighted by Crippen LogP contribution is 2.36. The number of rotatable bonds is 4.